The van der Waals surface area contributed by atoms with Crippen LogP contribution in [-0.4, -0.2) is 45.7 Å². The van der Waals surface area contributed by atoms with Gasteiger partial charge in [0.05, 0.1) is 5.56 Å². The normalized spacial score (nSPS) is 16.3. The largest absolute Gasteiger partial charge is 0.370 e. The van der Waals surface area contributed by atoms with Crippen LogP contribution < -0.4 is 15.5 Å². The molecule has 0 saturated carbocycles. The first-order valence-corrected chi connectivity index (χ1v) is 9.59. The minimum atomic E-state index is -0.232. The van der Waals surface area contributed by atoms with Gasteiger partial charge in [0, 0.05) is 32.0 Å². The van der Waals surface area contributed by atoms with E-state index in [9.17, 15) is 4.79 Å². The summed E-state index contributed by atoms with van der Waals surface area (Å²) in [6.45, 7) is 2.77. The van der Waals surface area contributed by atoms with Crippen molar-refractivity contribution in [2.75, 3.05) is 35.2 Å². The van der Waals surface area contributed by atoms with Crippen molar-refractivity contribution in [2.24, 2.45) is 5.92 Å². The Balaban J connectivity index is 1.31. The molecule has 1 aliphatic rings. The third-order valence-electron chi connectivity index (χ3n) is 4.44. The number of carbonyl (C=O) groups excluding carboxylic acids is 1. The average Bonchev–Trinajstić information content (AvgIpc) is 3.39. The molecule has 138 valence electrons. The minimum absolute atomic E-state index is 0.232. The van der Waals surface area contributed by atoms with Gasteiger partial charge in [-0.25, -0.2) is 9.97 Å². The predicted octanol–water partition coefficient (Wildman–Crippen LogP) is 2.52. The van der Waals surface area contributed by atoms with Crippen molar-refractivity contribution in [3.05, 3.63) is 53.8 Å². The maximum atomic E-state index is 12.2. The highest BCUT2D eigenvalue weighted by Crippen LogP contribution is 2.23. The first kappa shape index (κ1) is 17.3. The number of aromatic nitrogens is 4. The van der Waals surface area contributed by atoms with Crippen LogP contribution in [0.25, 0.3) is 0 Å². The summed E-state index contributed by atoms with van der Waals surface area (Å²) >= 11 is 1.28. The first-order chi connectivity index (χ1) is 13.3. The molecule has 2 N–H and O–H groups in total. The lowest BCUT2D eigenvalue weighted by atomic mass is 10.1. The smallest absolute Gasteiger partial charge is 0.259 e. The monoisotopic (exact) mass is 381 g/mol. The van der Waals surface area contributed by atoms with Gasteiger partial charge in [-0.15, -0.1) is 10.2 Å². The second-order valence-electron chi connectivity index (χ2n) is 6.30. The summed E-state index contributed by atoms with van der Waals surface area (Å²) in [6.07, 6.45) is 4.49. The molecule has 3 aromatic heterocycles. The number of hydrogen-bond donors (Lipinski definition) is 2. The number of carbonyl (C=O) groups is 1. The van der Waals surface area contributed by atoms with E-state index in [-0.39, 0.29) is 5.91 Å². The van der Waals surface area contributed by atoms with E-state index in [0.717, 1.165) is 37.7 Å². The topological polar surface area (TPSA) is 95.9 Å². The van der Waals surface area contributed by atoms with Gasteiger partial charge in [0.25, 0.3) is 5.91 Å². The van der Waals surface area contributed by atoms with Gasteiger partial charge in [0.1, 0.15) is 17.1 Å². The Labute approximate surface area is 160 Å². The Kier molecular flexibility index (Phi) is 5.20. The third-order valence-corrected chi connectivity index (χ3v) is 5.04. The molecule has 4 heterocycles. The fourth-order valence-corrected chi connectivity index (χ4v) is 3.47. The van der Waals surface area contributed by atoms with Crippen LogP contribution in [0.5, 0.6) is 0 Å². The molecular weight excluding hydrogens is 362 g/mol. The van der Waals surface area contributed by atoms with Crippen LogP contribution in [0.3, 0.4) is 0 Å². The van der Waals surface area contributed by atoms with Crippen LogP contribution in [0.1, 0.15) is 16.8 Å². The molecule has 0 aromatic carbocycles. The van der Waals surface area contributed by atoms with Crippen molar-refractivity contribution in [3.8, 4) is 0 Å². The molecule has 0 bridgehead atoms. The molecule has 4 rings (SSSR count). The van der Waals surface area contributed by atoms with Crippen molar-refractivity contribution in [1.29, 1.82) is 0 Å². The van der Waals surface area contributed by atoms with E-state index in [1.165, 1.54) is 11.3 Å². The van der Waals surface area contributed by atoms with E-state index < -0.39 is 0 Å². The van der Waals surface area contributed by atoms with Crippen LogP contribution in [0.2, 0.25) is 0 Å². The number of hydrogen-bond acceptors (Lipinski definition) is 8. The highest BCUT2D eigenvalue weighted by atomic mass is 32.1. The zero-order chi connectivity index (χ0) is 18.5. The molecule has 1 atom stereocenters. The quantitative estimate of drug-likeness (QED) is 0.677. The van der Waals surface area contributed by atoms with E-state index in [1.807, 2.05) is 24.3 Å². The highest BCUT2D eigenvalue weighted by Gasteiger charge is 2.23. The molecule has 1 aliphatic heterocycles. The zero-order valence-electron chi connectivity index (χ0n) is 14.6. The molecular formula is C18H19N7OS. The fourth-order valence-electron chi connectivity index (χ4n) is 3.03. The maximum absolute atomic E-state index is 12.2. The maximum Gasteiger partial charge on any atom is 0.259 e. The van der Waals surface area contributed by atoms with E-state index in [2.05, 4.69) is 35.7 Å². The lowest BCUT2D eigenvalue weighted by Gasteiger charge is -2.18. The summed E-state index contributed by atoms with van der Waals surface area (Å²) in [5.74, 6) is 2.10. The summed E-state index contributed by atoms with van der Waals surface area (Å²) in [6, 6.07) is 9.54. The number of rotatable bonds is 6. The highest BCUT2D eigenvalue weighted by molar-refractivity contribution is 7.13. The van der Waals surface area contributed by atoms with Crippen molar-refractivity contribution >= 4 is 34.0 Å². The molecule has 8 nitrogen and oxygen atoms in total. The van der Waals surface area contributed by atoms with Crippen LogP contribution in [0.4, 0.5) is 16.8 Å². The van der Waals surface area contributed by atoms with Gasteiger partial charge in [-0.05, 0) is 36.6 Å². The van der Waals surface area contributed by atoms with Gasteiger partial charge in [-0.1, -0.05) is 17.4 Å². The molecule has 27 heavy (non-hydrogen) atoms. The van der Waals surface area contributed by atoms with Crippen LogP contribution in [0.15, 0.2) is 48.2 Å². The van der Waals surface area contributed by atoms with Crippen molar-refractivity contribution in [2.45, 2.75) is 6.42 Å². The van der Waals surface area contributed by atoms with Crippen LogP contribution >= 0.6 is 11.3 Å². The Morgan fingerprint density at radius 2 is 2.22 bits per heavy atom. The predicted molar refractivity (Wildman–Crippen MR) is 105 cm³/mol. The van der Waals surface area contributed by atoms with E-state index in [1.54, 1.807) is 24.0 Å². The minimum Gasteiger partial charge on any atom is -0.370 e. The van der Waals surface area contributed by atoms with E-state index in [0.29, 0.717) is 16.6 Å². The second-order valence-corrected chi connectivity index (χ2v) is 7.13. The number of nitrogens with one attached hydrogen (secondary N) is 2. The SMILES string of the molecule is O=C(Nc1nncs1)c1ccc(N2CCC(CNc3ccccn3)C2)nc1. The summed E-state index contributed by atoms with van der Waals surface area (Å²) < 4.78 is 0. The van der Waals surface area contributed by atoms with Crippen LogP contribution in [0, 0.1) is 5.92 Å². The Morgan fingerprint density at radius 1 is 1.26 bits per heavy atom. The lowest BCUT2D eigenvalue weighted by Crippen LogP contribution is -2.23. The summed E-state index contributed by atoms with van der Waals surface area (Å²) in [4.78, 5) is 23.2. The molecule has 1 amide bonds. The fraction of sp³-hybridized carbons (Fsp3) is 0.278. The van der Waals surface area contributed by atoms with Gasteiger partial charge in [0.2, 0.25) is 5.13 Å². The lowest BCUT2D eigenvalue weighted by molar-refractivity contribution is 0.102. The Morgan fingerprint density at radius 3 is 2.96 bits per heavy atom. The van der Waals surface area contributed by atoms with Crippen LogP contribution in [-0.2, 0) is 0 Å². The molecule has 1 fully saturated rings. The number of pyridine rings is 2. The van der Waals surface area contributed by atoms with Gasteiger partial charge in [-0.3, -0.25) is 10.1 Å². The number of amides is 1. The van der Waals surface area contributed by atoms with Gasteiger partial charge < -0.3 is 10.2 Å². The van der Waals surface area contributed by atoms with Crippen molar-refractivity contribution < 1.29 is 4.79 Å². The van der Waals surface area contributed by atoms with Crippen molar-refractivity contribution in [3.63, 3.8) is 0 Å². The summed E-state index contributed by atoms with van der Waals surface area (Å²) in [5.41, 5.74) is 2.07. The molecule has 1 saturated heterocycles. The summed E-state index contributed by atoms with van der Waals surface area (Å²) in [5, 5.41) is 14.1. The van der Waals surface area contributed by atoms with E-state index >= 15 is 0 Å². The van der Waals surface area contributed by atoms with Gasteiger partial charge >= 0.3 is 0 Å². The molecule has 0 radical (unpaired) electrons. The third kappa shape index (κ3) is 4.37. The number of anilines is 3. The van der Waals surface area contributed by atoms with Crippen molar-refractivity contribution in [1.82, 2.24) is 20.2 Å². The molecule has 9 heteroatoms. The number of nitrogens with zero attached hydrogens (tertiary/aromatic N) is 5. The Bertz CT molecular complexity index is 870. The second kappa shape index (κ2) is 8.09. The van der Waals surface area contributed by atoms with Gasteiger partial charge in [-0.2, -0.15) is 0 Å². The van der Waals surface area contributed by atoms with E-state index in [4.69, 9.17) is 0 Å². The molecule has 3 aromatic rings. The van der Waals surface area contributed by atoms with Gasteiger partial charge in [0.15, 0.2) is 0 Å². The average molecular weight is 381 g/mol. The molecule has 0 aliphatic carbocycles. The first-order valence-electron chi connectivity index (χ1n) is 8.71. The molecule has 1 unspecified atom stereocenters. The Hall–Kier alpha value is -3.07. The summed E-state index contributed by atoms with van der Waals surface area (Å²) in [7, 11) is 0. The standard InChI is InChI=1S/C18H19N7OS/c26-17(23-18-24-22-12-27-18)14-4-5-16(21-10-14)25-8-6-13(11-25)9-20-15-3-1-2-7-19-15/h1-5,7,10,12-13H,6,8-9,11H2,(H,19,20)(H,23,24,26). The molecule has 0 spiro atoms. The zero-order valence-corrected chi connectivity index (χ0v) is 15.4.